The third-order valence-electron chi connectivity index (χ3n) is 8.05. The van der Waals surface area contributed by atoms with E-state index in [0.29, 0.717) is 0 Å². The van der Waals surface area contributed by atoms with Crippen LogP contribution in [0.1, 0.15) is 105 Å². The van der Waals surface area contributed by atoms with Crippen LogP contribution in [0.4, 0.5) is 0 Å². The number of hydrogen-bond donors (Lipinski definition) is 0. The van der Waals surface area contributed by atoms with Gasteiger partial charge in [-0.05, 0) is 21.7 Å². The number of benzene rings is 4. The molecule has 49 heavy (non-hydrogen) atoms. The minimum Gasteiger partial charge on any atom is -0.214 e. The number of rotatable bonds is 0. The van der Waals surface area contributed by atoms with Crippen LogP contribution in [-0.4, -0.2) is 4.21 Å². The molecule has 6 rings (SSSR count). The first-order valence-corrected chi connectivity index (χ1v) is 19.2. The van der Waals surface area contributed by atoms with Crippen LogP contribution < -0.4 is 0 Å². The molecule has 6 aromatic carbocycles. The molecule has 0 nitrogen and oxygen atoms in total. The van der Waals surface area contributed by atoms with Crippen molar-refractivity contribution in [1.29, 1.82) is 0 Å². The molecule has 0 aliphatic carbocycles. The fourth-order valence-electron chi connectivity index (χ4n) is 5.62. The summed E-state index contributed by atoms with van der Waals surface area (Å²) in [6.45, 7) is 28.0. The van der Waals surface area contributed by atoms with Gasteiger partial charge in [0.25, 0.3) is 0 Å². The predicted octanol–water partition coefficient (Wildman–Crippen LogP) is 13.9. The normalized spacial score (nSPS) is 11.5. The second-order valence-corrected chi connectivity index (χ2v) is 16.8. The van der Waals surface area contributed by atoms with E-state index in [1.54, 1.807) is 24.3 Å². The van der Waals surface area contributed by atoms with Gasteiger partial charge in [-0.25, -0.2) is 12.1 Å². The summed E-state index contributed by atoms with van der Waals surface area (Å²) in [7, 11) is 0. The van der Waals surface area contributed by atoms with Crippen molar-refractivity contribution in [3.8, 4) is 0 Å². The van der Waals surface area contributed by atoms with Crippen molar-refractivity contribution >= 4 is 37.4 Å². The fourth-order valence-corrected chi connectivity index (χ4v) is 5.74. The minimum atomic E-state index is 0.124. The van der Waals surface area contributed by atoms with Gasteiger partial charge in [-0.3, -0.25) is 0 Å². The molecule has 0 fully saturated rings. The Hall–Kier alpha value is -2.86. The summed E-state index contributed by atoms with van der Waals surface area (Å²) < 4.78 is 3.34. The standard InChI is InChI=1S/C29H41.C6H4Cl.C6H5.C5H5.CH2.Zr/c1-26(2,3)22-14-18-13-19-15-23(27(4,5)6)25(29(10,11)12)17-21(19)20(18)16-24(22)28(7,8)9;7-6-4-2-1-3-5-6;1-2-4-6-5-3-1;1-2-4-5-3-1;;/h13-17H,1-12H3;2-5H;1-5H;1-5H;1H2;/q4*-1;;. The fraction of sp³-hybridized carbons (Fsp3) is 0.340. The molecule has 0 atom stereocenters. The molecule has 0 unspecified atom stereocenters. The van der Waals surface area contributed by atoms with Crippen LogP contribution >= 0.6 is 11.6 Å². The molecule has 0 aliphatic heterocycles. The van der Waals surface area contributed by atoms with Crippen LogP contribution in [0, 0.1) is 12.1 Å². The van der Waals surface area contributed by atoms with Crippen LogP contribution in [-0.2, 0) is 45.9 Å². The zero-order valence-corrected chi connectivity index (χ0v) is 35.3. The van der Waals surface area contributed by atoms with Gasteiger partial charge in [0.2, 0.25) is 0 Å². The van der Waals surface area contributed by atoms with Crippen molar-refractivity contribution in [3.63, 3.8) is 0 Å². The smallest absolute Gasteiger partial charge is 0.171 e. The molecule has 0 radical (unpaired) electrons. The van der Waals surface area contributed by atoms with Crippen LogP contribution in [0.3, 0.4) is 0 Å². The van der Waals surface area contributed by atoms with E-state index in [1.807, 2.05) is 60.7 Å². The Morgan fingerprint density at radius 2 is 0.857 bits per heavy atom. The van der Waals surface area contributed by atoms with Crippen LogP contribution in [0.2, 0.25) is 5.02 Å². The van der Waals surface area contributed by atoms with Crippen LogP contribution in [0.25, 0.3) is 21.5 Å². The first-order chi connectivity index (χ1) is 22.8. The molecule has 2 heteroatoms. The van der Waals surface area contributed by atoms with E-state index in [1.165, 1.54) is 68.0 Å². The summed E-state index contributed by atoms with van der Waals surface area (Å²) in [6, 6.07) is 44.8. The van der Waals surface area contributed by atoms with Gasteiger partial charge < -0.3 is 0 Å². The van der Waals surface area contributed by atoms with Gasteiger partial charge in [-0.1, -0.05) is 122 Å². The number of fused-ring (bicyclic) bond motifs is 3. The van der Waals surface area contributed by atoms with Gasteiger partial charge in [0, 0.05) is 0 Å². The third kappa shape index (κ3) is 13.1. The quantitative estimate of drug-likeness (QED) is 0.136. The summed E-state index contributed by atoms with van der Waals surface area (Å²) >= 11 is 6.82. The van der Waals surface area contributed by atoms with E-state index in [2.05, 4.69) is 130 Å². The Balaban J connectivity index is 0.000000332. The summed E-state index contributed by atoms with van der Waals surface area (Å²) in [6.07, 6.45) is 0. The zero-order chi connectivity index (χ0) is 37.0. The monoisotopic (exact) mass is 746 g/mol. The summed E-state index contributed by atoms with van der Waals surface area (Å²) in [4.78, 5) is 0. The zero-order valence-electron chi connectivity index (χ0n) is 32.1. The predicted molar refractivity (Wildman–Crippen MR) is 217 cm³/mol. The van der Waals surface area contributed by atoms with Crippen molar-refractivity contribution in [1.82, 2.24) is 0 Å². The van der Waals surface area contributed by atoms with Crippen molar-refractivity contribution < 1.29 is 24.2 Å². The van der Waals surface area contributed by atoms with Gasteiger partial charge in [-0.2, -0.15) is 84.9 Å². The van der Waals surface area contributed by atoms with Crippen molar-refractivity contribution in [2.24, 2.45) is 0 Å². The van der Waals surface area contributed by atoms with E-state index in [0.717, 1.165) is 5.02 Å². The van der Waals surface area contributed by atoms with E-state index < -0.39 is 0 Å². The first kappa shape index (κ1) is 42.3. The largest absolute Gasteiger partial charge is 0.214 e. The summed E-state index contributed by atoms with van der Waals surface area (Å²) in [5.41, 5.74) is 6.40. The average Bonchev–Trinajstić information content (AvgIpc) is 3.73. The second-order valence-electron chi connectivity index (χ2n) is 16.4. The molecule has 0 spiro atoms. The molecule has 0 heterocycles. The molecule has 6 aromatic rings. The van der Waals surface area contributed by atoms with Crippen molar-refractivity contribution in [2.75, 3.05) is 0 Å². The van der Waals surface area contributed by atoms with E-state index in [-0.39, 0.29) is 21.7 Å². The van der Waals surface area contributed by atoms with Gasteiger partial charge in [-0.15, -0.1) is 51.3 Å². The molecular weight excluding hydrogens is 691 g/mol. The minimum absolute atomic E-state index is 0.124. The summed E-state index contributed by atoms with van der Waals surface area (Å²) in [5.74, 6) is 0. The van der Waals surface area contributed by atoms with Crippen LogP contribution in [0.5, 0.6) is 0 Å². The molecule has 0 aromatic heterocycles. The third-order valence-corrected chi connectivity index (χ3v) is 8.30. The van der Waals surface area contributed by atoms with E-state index in [4.69, 9.17) is 11.6 Å². The average molecular weight is 749 g/mol. The SMILES string of the molecule is CC(C)(C)c1cc2[cH-]c3cc(C(C)(C)C)c(C(C)(C)C)cc3c2cc1C(C)(C)C.Clc1cc[c-]cc1.[CH2]=[Zr].[c-]1ccccc1.c1cc[cH-]c1. The van der Waals surface area contributed by atoms with Gasteiger partial charge >= 0.3 is 28.4 Å². The molecule has 260 valence electrons. The number of hydrogen-bond acceptors (Lipinski definition) is 0. The van der Waals surface area contributed by atoms with Gasteiger partial charge in [0.1, 0.15) is 0 Å². The topological polar surface area (TPSA) is 0 Å². The molecule has 0 bridgehead atoms. The summed E-state index contributed by atoms with van der Waals surface area (Å²) in [5, 5.41) is 6.33. The van der Waals surface area contributed by atoms with Gasteiger partial charge in [0.05, 0.1) is 0 Å². The molecular formula is C47H57ClZr-4. The molecule has 0 saturated carbocycles. The first-order valence-electron chi connectivity index (χ1n) is 17.1. The van der Waals surface area contributed by atoms with Crippen molar-refractivity contribution in [2.45, 2.75) is 105 Å². The Morgan fingerprint density at radius 3 is 1.08 bits per heavy atom. The van der Waals surface area contributed by atoms with Crippen LogP contribution in [0.15, 0.2) is 115 Å². The Bertz CT molecular complexity index is 1670. The van der Waals surface area contributed by atoms with E-state index in [9.17, 15) is 0 Å². The maximum absolute atomic E-state index is 5.52. The maximum Gasteiger partial charge on any atom is -0.171 e. The molecule has 0 amide bonds. The van der Waals surface area contributed by atoms with Gasteiger partial charge in [0.15, 0.2) is 0 Å². The van der Waals surface area contributed by atoms with E-state index >= 15 is 0 Å². The Morgan fingerprint density at radius 1 is 0.510 bits per heavy atom. The Labute approximate surface area is 319 Å². The van der Waals surface area contributed by atoms with Crippen molar-refractivity contribution in [3.05, 3.63) is 155 Å². The second kappa shape index (κ2) is 18.4. The molecule has 0 aliphatic rings. The number of halogens is 1. The Kier molecular flexibility index (Phi) is 15.9. The molecule has 0 N–H and O–H groups in total. The maximum atomic E-state index is 5.52. The molecule has 0 saturated heterocycles.